The van der Waals surface area contributed by atoms with Crippen molar-refractivity contribution < 1.29 is 18.0 Å². The second-order valence-electron chi connectivity index (χ2n) is 2.33. The summed E-state index contributed by atoms with van der Waals surface area (Å²) in [5.41, 5.74) is 7.82. The molecule has 0 aromatic rings. The fourth-order valence-corrected chi connectivity index (χ4v) is 0.655. The molecular weight excluding hydrogens is 187 g/mol. The van der Waals surface area contributed by atoms with E-state index in [1.165, 1.54) is 0 Å². The average molecular weight is 195 g/mol. The van der Waals surface area contributed by atoms with Crippen LogP contribution in [0.25, 0.3) is 10.4 Å². The molecule has 13 heavy (non-hydrogen) atoms. The summed E-state index contributed by atoms with van der Waals surface area (Å²) in [4.78, 5) is 12.7. The molecule has 0 unspecified atom stereocenters. The van der Waals surface area contributed by atoms with Crippen molar-refractivity contribution in [3.63, 3.8) is 0 Å². The van der Waals surface area contributed by atoms with Crippen LogP contribution >= 0.6 is 0 Å². The maximum absolute atomic E-state index is 11.6. The lowest BCUT2D eigenvalue weighted by Gasteiger charge is -2.03. The summed E-state index contributed by atoms with van der Waals surface area (Å²) in [7, 11) is 0. The first-order valence-electron chi connectivity index (χ1n) is 3.59. The van der Waals surface area contributed by atoms with Crippen molar-refractivity contribution in [2.75, 3.05) is 6.54 Å². The van der Waals surface area contributed by atoms with Gasteiger partial charge in [-0.15, -0.1) is 0 Å². The van der Waals surface area contributed by atoms with E-state index in [1.807, 2.05) is 0 Å². The molecule has 0 radical (unpaired) electrons. The molecule has 0 saturated heterocycles. The van der Waals surface area contributed by atoms with Crippen molar-refractivity contribution in [2.45, 2.75) is 25.4 Å². The Bertz CT molecular complexity index is 220. The van der Waals surface area contributed by atoms with Gasteiger partial charge in [0.2, 0.25) is 5.78 Å². The lowest BCUT2D eigenvalue weighted by Crippen LogP contribution is -2.22. The highest BCUT2D eigenvalue weighted by molar-refractivity contribution is 5.83. The number of carbonyl (C=O) groups is 1. The molecule has 0 saturated carbocycles. The third-order valence-electron chi connectivity index (χ3n) is 1.29. The van der Waals surface area contributed by atoms with Crippen LogP contribution in [0.3, 0.4) is 0 Å². The molecule has 7 heteroatoms. The number of hydrogen-bond acceptors (Lipinski definition) is 2. The molecule has 0 aromatic carbocycles. The topological polar surface area (TPSA) is 65.8 Å². The lowest BCUT2D eigenvalue weighted by molar-refractivity contribution is -0.171. The molecule has 0 aliphatic carbocycles. The number of azide groups is 1. The van der Waals surface area contributed by atoms with Crippen LogP contribution in [0.2, 0.25) is 0 Å². The van der Waals surface area contributed by atoms with Crippen molar-refractivity contribution in [3.8, 4) is 0 Å². The number of carbonyl (C=O) groups excluding carboxylic acids is 1. The SMILES string of the molecule is [N-]=[N+]=NCCCCC(=O)C(F)(F)F. The summed E-state index contributed by atoms with van der Waals surface area (Å²) < 4.78 is 34.8. The molecule has 0 atom stereocenters. The van der Waals surface area contributed by atoms with Gasteiger partial charge in [0, 0.05) is 17.9 Å². The molecule has 0 rings (SSSR count). The average Bonchev–Trinajstić information content (AvgIpc) is 2.02. The summed E-state index contributed by atoms with van der Waals surface area (Å²) >= 11 is 0. The fraction of sp³-hybridized carbons (Fsp3) is 0.833. The van der Waals surface area contributed by atoms with Gasteiger partial charge in [0.15, 0.2) is 0 Å². The molecule has 0 aliphatic rings. The van der Waals surface area contributed by atoms with Crippen molar-refractivity contribution in [1.82, 2.24) is 0 Å². The lowest BCUT2D eigenvalue weighted by atomic mass is 10.2. The van der Waals surface area contributed by atoms with E-state index in [9.17, 15) is 18.0 Å². The Kier molecular flexibility index (Phi) is 4.91. The molecule has 0 aromatic heterocycles. The van der Waals surface area contributed by atoms with Gasteiger partial charge in [0.1, 0.15) is 0 Å². The number of alkyl halides is 3. The molecule has 0 fully saturated rings. The number of ketones is 1. The first kappa shape index (κ1) is 11.8. The van der Waals surface area contributed by atoms with E-state index < -0.39 is 18.4 Å². The number of rotatable bonds is 5. The minimum atomic E-state index is -4.74. The largest absolute Gasteiger partial charge is 0.449 e. The molecule has 0 bridgehead atoms. The van der Waals surface area contributed by atoms with E-state index in [1.54, 1.807) is 0 Å². The first-order valence-corrected chi connectivity index (χ1v) is 3.59. The molecule has 0 amide bonds. The number of unbranched alkanes of at least 4 members (excludes halogenated alkanes) is 1. The number of Topliss-reactive ketones (excluding diaryl/α,β-unsaturated/α-hetero) is 1. The monoisotopic (exact) mass is 195 g/mol. The van der Waals surface area contributed by atoms with Gasteiger partial charge in [-0.1, -0.05) is 5.11 Å². The normalized spacial score (nSPS) is 10.7. The number of hydrogen-bond donors (Lipinski definition) is 0. The second kappa shape index (κ2) is 5.42. The summed E-state index contributed by atoms with van der Waals surface area (Å²) in [6.45, 7) is 0.127. The summed E-state index contributed by atoms with van der Waals surface area (Å²) in [5, 5.41) is 3.12. The molecule has 0 spiro atoms. The van der Waals surface area contributed by atoms with Crippen LogP contribution in [0.15, 0.2) is 5.11 Å². The van der Waals surface area contributed by atoms with Crippen LogP contribution in [0, 0.1) is 0 Å². The maximum Gasteiger partial charge on any atom is 0.449 e. The van der Waals surface area contributed by atoms with Crippen LogP contribution < -0.4 is 0 Å². The third kappa shape index (κ3) is 5.98. The first-order chi connectivity index (χ1) is 5.98. The van der Waals surface area contributed by atoms with Crippen LogP contribution in [-0.2, 0) is 4.79 Å². The standard InChI is InChI=1S/C6H8F3N3O/c7-6(8,9)5(13)3-1-2-4-11-12-10/h1-4H2. The van der Waals surface area contributed by atoms with E-state index in [0.717, 1.165) is 0 Å². The smallest absolute Gasteiger partial charge is 0.290 e. The zero-order chi connectivity index (χ0) is 10.3. The molecule has 4 nitrogen and oxygen atoms in total. The van der Waals surface area contributed by atoms with Crippen LogP contribution in [0.5, 0.6) is 0 Å². The summed E-state index contributed by atoms with van der Waals surface area (Å²) in [6, 6.07) is 0. The van der Waals surface area contributed by atoms with Gasteiger partial charge >= 0.3 is 6.18 Å². The van der Waals surface area contributed by atoms with Gasteiger partial charge in [0.25, 0.3) is 0 Å². The van der Waals surface area contributed by atoms with Crippen molar-refractivity contribution >= 4 is 5.78 Å². The zero-order valence-corrected chi connectivity index (χ0v) is 6.71. The Balaban J connectivity index is 3.54. The van der Waals surface area contributed by atoms with E-state index in [4.69, 9.17) is 5.53 Å². The van der Waals surface area contributed by atoms with Crippen LogP contribution in [0.1, 0.15) is 19.3 Å². The van der Waals surface area contributed by atoms with Gasteiger partial charge in [0.05, 0.1) is 0 Å². The third-order valence-corrected chi connectivity index (χ3v) is 1.29. The zero-order valence-electron chi connectivity index (χ0n) is 6.71. The summed E-state index contributed by atoms with van der Waals surface area (Å²) in [6.07, 6.45) is -4.88. The van der Waals surface area contributed by atoms with Crippen molar-refractivity contribution in [1.29, 1.82) is 0 Å². The molecule has 0 heterocycles. The van der Waals surface area contributed by atoms with E-state index in [2.05, 4.69) is 10.0 Å². The Labute approximate surface area is 72.4 Å². The Morgan fingerprint density at radius 3 is 2.46 bits per heavy atom. The summed E-state index contributed by atoms with van der Waals surface area (Å²) in [5.74, 6) is -1.73. The highest BCUT2D eigenvalue weighted by atomic mass is 19.4. The van der Waals surface area contributed by atoms with Crippen molar-refractivity contribution in [2.24, 2.45) is 5.11 Å². The van der Waals surface area contributed by atoms with E-state index in [-0.39, 0.29) is 13.0 Å². The van der Waals surface area contributed by atoms with Crippen LogP contribution in [-0.4, -0.2) is 18.5 Å². The molecule has 0 aliphatic heterocycles. The fourth-order valence-electron chi connectivity index (χ4n) is 0.655. The highest BCUT2D eigenvalue weighted by Crippen LogP contribution is 2.18. The molecule has 74 valence electrons. The van der Waals surface area contributed by atoms with Gasteiger partial charge in [-0.05, 0) is 18.4 Å². The minimum absolute atomic E-state index is 0.0946. The predicted molar refractivity (Wildman–Crippen MR) is 38.9 cm³/mol. The highest BCUT2D eigenvalue weighted by Gasteiger charge is 2.36. The second-order valence-corrected chi connectivity index (χ2v) is 2.33. The van der Waals surface area contributed by atoms with Gasteiger partial charge in [-0.25, -0.2) is 0 Å². The maximum atomic E-state index is 11.6. The van der Waals surface area contributed by atoms with Crippen LogP contribution in [0.4, 0.5) is 13.2 Å². The number of nitrogens with zero attached hydrogens (tertiary/aromatic N) is 3. The quantitative estimate of drug-likeness (QED) is 0.287. The number of halogens is 3. The Morgan fingerprint density at radius 1 is 1.38 bits per heavy atom. The minimum Gasteiger partial charge on any atom is -0.290 e. The van der Waals surface area contributed by atoms with Gasteiger partial charge < -0.3 is 0 Å². The van der Waals surface area contributed by atoms with E-state index >= 15 is 0 Å². The molecular formula is C6H8F3N3O. The Morgan fingerprint density at radius 2 is 2.00 bits per heavy atom. The predicted octanol–water partition coefficient (Wildman–Crippen LogP) is 2.60. The Hall–Kier alpha value is -1.23. The van der Waals surface area contributed by atoms with Crippen molar-refractivity contribution in [3.05, 3.63) is 10.4 Å². The van der Waals surface area contributed by atoms with Gasteiger partial charge in [-0.2, -0.15) is 13.2 Å². The molecule has 0 N–H and O–H groups in total. The van der Waals surface area contributed by atoms with Gasteiger partial charge in [-0.3, -0.25) is 4.79 Å². The van der Waals surface area contributed by atoms with E-state index in [0.29, 0.717) is 6.42 Å².